The number of hydrogen-bond donors (Lipinski definition) is 3. The van der Waals surface area contributed by atoms with Gasteiger partial charge in [-0.2, -0.15) is 0 Å². The van der Waals surface area contributed by atoms with E-state index in [0.717, 1.165) is 48.9 Å². The third kappa shape index (κ3) is 7.82. The second-order valence-corrected chi connectivity index (χ2v) is 9.37. The number of ether oxygens (including phenoxy) is 1. The Bertz CT molecular complexity index is 1030. The van der Waals surface area contributed by atoms with Gasteiger partial charge in [-0.1, -0.05) is 30.5 Å². The van der Waals surface area contributed by atoms with Gasteiger partial charge in [-0.05, 0) is 43.2 Å². The Morgan fingerprint density at radius 3 is 2.61 bits per heavy atom. The number of nitrogens with zero attached hydrogens (tertiary/aromatic N) is 1. The fourth-order valence-corrected chi connectivity index (χ4v) is 4.73. The van der Waals surface area contributed by atoms with E-state index in [0.29, 0.717) is 32.1 Å². The largest absolute Gasteiger partial charge is 0.370 e. The fourth-order valence-electron chi connectivity index (χ4n) is 4.73. The van der Waals surface area contributed by atoms with Crippen LogP contribution in [0.2, 0.25) is 0 Å². The van der Waals surface area contributed by atoms with E-state index in [1.54, 1.807) is 4.90 Å². The molecule has 9 nitrogen and oxygen atoms in total. The van der Waals surface area contributed by atoms with Gasteiger partial charge >= 0.3 is 0 Å². The summed E-state index contributed by atoms with van der Waals surface area (Å²) in [5, 5.41) is 2.98. The van der Waals surface area contributed by atoms with E-state index in [1.165, 1.54) is 0 Å². The second kappa shape index (κ2) is 13.6. The van der Waals surface area contributed by atoms with Crippen molar-refractivity contribution in [2.75, 3.05) is 18.1 Å². The molecule has 0 saturated heterocycles. The molecule has 3 rings (SSSR count). The van der Waals surface area contributed by atoms with Crippen LogP contribution in [0.3, 0.4) is 0 Å². The number of carbonyl (C=O) groups excluding carboxylic acids is 4. The number of hydrogen-bond acceptors (Lipinski definition) is 5. The Morgan fingerprint density at radius 2 is 1.83 bits per heavy atom. The van der Waals surface area contributed by atoms with Crippen molar-refractivity contribution in [3.63, 3.8) is 0 Å². The first-order valence-corrected chi connectivity index (χ1v) is 12.7. The van der Waals surface area contributed by atoms with Crippen LogP contribution in [0, 0.1) is 11.8 Å². The quantitative estimate of drug-likeness (QED) is 0.280. The highest BCUT2D eigenvalue weighted by molar-refractivity contribution is 6.04. The van der Waals surface area contributed by atoms with Crippen molar-refractivity contribution in [1.29, 1.82) is 0 Å². The molecule has 0 aromatic heterocycles. The van der Waals surface area contributed by atoms with Gasteiger partial charge in [0.15, 0.2) is 0 Å². The Kier molecular flexibility index (Phi) is 10.3. The van der Waals surface area contributed by atoms with E-state index in [1.807, 2.05) is 18.2 Å². The molecule has 4 amide bonds. The molecule has 36 heavy (non-hydrogen) atoms. The molecule has 0 spiro atoms. The van der Waals surface area contributed by atoms with Crippen LogP contribution in [-0.2, 0) is 36.8 Å². The summed E-state index contributed by atoms with van der Waals surface area (Å²) < 4.78 is 5.66. The number of rotatable bonds is 13. The predicted molar refractivity (Wildman–Crippen MR) is 136 cm³/mol. The zero-order valence-electron chi connectivity index (χ0n) is 20.7. The minimum atomic E-state index is -0.614. The molecule has 5 N–H and O–H groups in total. The monoisotopic (exact) mass is 496 g/mol. The molecule has 1 aromatic carbocycles. The first kappa shape index (κ1) is 27.2. The molecule has 9 heteroatoms. The summed E-state index contributed by atoms with van der Waals surface area (Å²) in [6.07, 6.45) is 6.58. The van der Waals surface area contributed by atoms with E-state index >= 15 is 0 Å². The normalized spacial score (nSPS) is 16.9. The van der Waals surface area contributed by atoms with Crippen molar-refractivity contribution in [2.45, 2.75) is 82.7 Å². The van der Waals surface area contributed by atoms with Gasteiger partial charge in [-0.25, -0.2) is 0 Å². The van der Waals surface area contributed by atoms with E-state index in [2.05, 4.69) is 17.2 Å². The number of aryl methyl sites for hydroxylation is 1. The minimum absolute atomic E-state index is 0.0336. The molecule has 2 heterocycles. The van der Waals surface area contributed by atoms with Crippen LogP contribution in [0.15, 0.2) is 18.2 Å². The van der Waals surface area contributed by atoms with Gasteiger partial charge in [0.1, 0.15) is 12.6 Å². The lowest BCUT2D eigenvalue weighted by Crippen LogP contribution is -2.51. The number of nitrogens with two attached hydrogens (primary N) is 2. The maximum atomic E-state index is 13.3. The standard InChI is InChI=1S/C27H36N4O5/c28-23(32)12-5-3-1-2-4-6-16-36-18-21(14-15-24(29)33)30-27(35)22-17-20-11-7-9-19-10-8-13-25(34)31(22)26(19)20/h7,9,11,21-22H,1-3,5,8,10,12-18H2,(H2,28,32)(H2,29,33)(H,30,35)/t21-,22-/m0/s1. The van der Waals surface area contributed by atoms with Gasteiger partial charge in [-0.15, -0.1) is 5.92 Å². The Morgan fingerprint density at radius 1 is 1.06 bits per heavy atom. The smallest absolute Gasteiger partial charge is 0.243 e. The average molecular weight is 497 g/mol. The van der Waals surface area contributed by atoms with Crippen molar-refractivity contribution in [3.05, 3.63) is 29.3 Å². The van der Waals surface area contributed by atoms with Crippen LogP contribution in [0.5, 0.6) is 0 Å². The summed E-state index contributed by atoms with van der Waals surface area (Å²) in [4.78, 5) is 49.9. The molecule has 0 unspecified atom stereocenters. The molecular weight excluding hydrogens is 460 g/mol. The van der Waals surface area contributed by atoms with Gasteiger partial charge in [-0.3, -0.25) is 24.1 Å². The van der Waals surface area contributed by atoms with Gasteiger partial charge in [0.2, 0.25) is 23.6 Å². The maximum Gasteiger partial charge on any atom is 0.243 e. The highest BCUT2D eigenvalue weighted by Crippen LogP contribution is 2.38. The third-order valence-corrected chi connectivity index (χ3v) is 6.51. The van der Waals surface area contributed by atoms with Crippen molar-refractivity contribution in [2.24, 2.45) is 11.5 Å². The van der Waals surface area contributed by atoms with Crippen LogP contribution in [0.4, 0.5) is 5.69 Å². The fraction of sp³-hybridized carbons (Fsp3) is 0.556. The molecule has 0 fully saturated rings. The Balaban J connectivity index is 1.52. The highest BCUT2D eigenvalue weighted by atomic mass is 16.5. The number of para-hydroxylation sites is 1. The van der Waals surface area contributed by atoms with Gasteiger partial charge in [0.25, 0.3) is 0 Å². The molecule has 0 radical (unpaired) electrons. The number of amides is 4. The number of unbranched alkanes of at least 4 members (excludes halogenated alkanes) is 3. The van der Waals surface area contributed by atoms with Crippen LogP contribution >= 0.6 is 0 Å². The number of primary amides is 2. The predicted octanol–water partition coefficient (Wildman–Crippen LogP) is 1.49. The van der Waals surface area contributed by atoms with Crippen molar-refractivity contribution in [1.82, 2.24) is 5.32 Å². The van der Waals surface area contributed by atoms with Crippen molar-refractivity contribution < 1.29 is 23.9 Å². The third-order valence-electron chi connectivity index (χ3n) is 6.51. The molecule has 2 aliphatic heterocycles. The topological polar surface area (TPSA) is 145 Å². The minimum Gasteiger partial charge on any atom is -0.370 e. The summed E-state index contributed by atoms with van der Waals surface area (Å²) in [5.74, 6) is 4.95. The summed E-state index contributed by atoms with van der Waals surface area (Å²) in [7, 11) is 0. The summed E-state index contributed by atoms with van der Waals surface area (Å²) in [6.45, 7) is 0.387. The molecule has 1 aromatic rings. The SMILES string of the molecule is NC(=O)CCCCCC#CCOC[C@H](CCC(N)=O)NC(=O)[C@@H]1Cc2cccc3c2N1C(=O)CCC3. The Labute approximate surface area is 212 Å². The number of nitrogens with one attached hydrogen (secondary N) is 1. The van der Waals surface area contributed by atoms with Crippen LogP contribution in [0.25, 0.3) is 0 Å². The van der Waals surface area contributed by atoms with Crippen molar-refractivity contribution in [3.8, 4) is 11.8 Å². The van der Waals surface area contributed by atoms with Crippen molar-refractivity contribution >= 4 is 29.3 Å². The lowest BCUT2D eigenvalue weighted by atomic mass is 10.0. The molecule has 0 bridgehead atoms. The molecular formula is C27H36N4O5. The zero-order chi connectivity index (χ0) is 25.9. The van der Waals surface area contributed by atoms with Crippen LogP contribution < -0.4 is 21.7 Å². The van der Waals surface area contributed by atoms with Gasteiger partial charge < -0.3 is 21.5 Å². The van der Waals surface area contributed by atoms with E-state index in [-0.39, 0.29) is 37.4 Å². The van der Waals surface area contributed by atoms with Gasteiger partial charge in [0.05, 0.1) is 18.3 Å². The number of carbonyl (C=O) groups is 4. The second-order valence-electron chi connectivity index (χ2n) is 9.37. The molecule has 2 aliphatic rings. The molecule has 2 atom stereocenters. The van der Waals surface area contributed by atoms with E-state index < -0.39 is 18.0 Å². The summed E-state index contributed by atoms with van der Waals surface area (Å²) in [5.41, 5.74) is 13.4. The summed E-state index contributed by atoms with van der Waals surface area (Å²) in [6, 6.07) is 4.94. The lowest BCUT2D eigenvalue weighted by molar-refractivity contribution is -0.127. The molecule has 194 valence electrons. The van der Waals surface area contributed by atoms with E-state index in [4.69, 9.17) is 16.2 Å². The highest BCUT2D eigenvalue weighted by Gasteiger charge is 2.40. The lowest BCUT2D eigenvalue weighted by Gasteiger charge is -2.27. The van der Waals surface area contributed by atoms with Crippen LogP contribution in [-0.4, -0.2) is 48.9 Å². The van der Waals surface area contributed by atoms with E-state index in [9.17, 15) is 19.2 Å². The average Bonchev–Trinajstić information content (AvgIpc) is 3.15. The number of benzene rings is 1. The maximum absolute atomic E-state index is 13.3. The first-order valence-electron chi connectivity index (χ1n) is 12.7. The summed E-state index contributed by atoms with van der Waals surface area (Å²) >= 11 is 0. The molecule has 0 saturated carbocycles. The van der Waals surface area contributed by atoms with Gasteiger partial charge in [0, 0.05) is 32.1 Å². The number of anilines is 1. The van der Waals surface area contributed by atoms with Crippen LogP contribution in [0.1, 0.15) is 68.9 Å². The zero-order valence-corrected chi connectivity index (χ0v) is 20.7. The Hall–Kier alpha value is -3.38. The molecule has 0 aliphatic carbocycles. The first-order chi connectivity index (χ1) is 17.4.